The number of aromatic nitrogens is 1. The molecule has 2 amide bonds. The summed E-state index contributed by atoms with van der Waals surface area (Å²) in [5, 5.41) is 5.95. The van der Waals surface area contributed by atoms with Crippen molar-refractivity contribution in [2.45, 2.75) is 39.7 Å². The molecule has 1 saturated heterocycles. The first-order valence-electron chi connectivity index (χ1n) is 11.9. The smallest absolute Gasteiger partial charge is 0.257 e. The summed E-state index contributed by atoms with van der Waals surface area (Å²) >= 11 is 0. The van der Waals surface area contributed by atoms with Crippen LogP contribution in [0.5, 0.6) is 0 Å². The van der Waals surface area contributed by atoms with Gasteiger partial charge in [0.05, 0.1) is 17.3 Å². The topological polar surface area (TPSA) is 74.3 Å². The standard InChI is InChI=1S/C28H32N4O2/c1-19-13-16-32(17-14-19)26-18-20(2)7-12-24(26)28(34)31-23-10-8-22(9-11-23)27(33)30-21(3)25-6-4-5-15-29-25/h4-12,15,18-19,21H,13-14,16-17H2,1-3H3,(H,30,33)(H,31,34). The van der Waals surface area contributed by atoms with E-state index in [-0.39, 0.29) is 17.9 Å². The second-order valence-corrected chi connectivity index (χ2v) is 9.17. The van der Waals surface area contributed by atoms with E-state index in [4.69, 9.17) is 0 Å². The maximum atomic E-state index is 13.2. The summed E-state index contributed by atoms with van der Waals surface area (Å²) in [6.07, 6.45) is 3.98. The molecule has 2 aromatic carbocycles. The summed E-state index contributed by atoms with van der Waals surface area (Å²) < 4.78 is 0. The van der Waals surface area contributed by atoms with Crippen molar-refractivity contribution in [3.8, 4) is 0 Å². The zero-order chi connectivity index (χ0) is 24.1. The molecule has 0 saturated carbocycles. The number of anilines is 2. The Balaban J connectivity index is 1.43. The minimum Gasteiger partial charge on any atom is -0.371 e. The van der Waals surface area contributed by atoms with Crippen molar-refractivity contribution < 1.29 is 9.59 Å². The molecule has 1 atom stereocenters. The molecule has 1 aromatic heterocycles. The molecule has 4 rings (SSSR count). The molecule has 1 aliphatic heterocycles. The van der Waals surface area contributed by atoms with Crippen LogP contribution < -0.4 is 15.5 Å². The number of carbonyl (C=O) groups is 2. The van der Waals surface area contributed by atoms with Gasteiger partial charge in [-0.2, -0.15) is 0 Å². The van der Waals surface area contributed by atoms with Crippen molar-refractivity contribution in [3.05, 3.63) is 89.2 Å². The lowest BCUT2D eigenvalue weighted by Crippen LogP contribution is -2.34. The molecule has 0 radical (unpaired) electrons. The predicted molar refractivity (Wildman–Crippen MR) is 136 cm³/mol. The molecule has 3 aromatic rings. The molecule has 6 heteroatoms. The lowest BCUT2D eigenvalue weighted by molar-refractivity contribution is 0.0938. The van der Waals surface area contributed by atoms with Crippen LogP contribution in [0.4, 0.5) is 11.4 Å². The van der Waals surface area contributed by atoms with E-state index in [1.165, 1.54) is 0 Å². The van der Waals surface area contributed by atoms with Crippen LogP contribution in [0.3, 0.4) is 0 Å². The number of piperidine rings is 1. The van der Waals surface area contributed by atoms with E-state index in [2.05, 4.69) is 40.4 Å². The van der Waals surface area contributed by atoms with Gasteiger partial charge in [-0.15, -0.1) is 0 Å². The Bertz CT molecular complexity index is 1140. The minimum atomic E-state index is -0.203. The predicted octanol–water partition coefficient (Wildman–Crippen LogP) is 5.37. The van der Waals surface area contributed by atoms with Gasteiger partial charge < -0.3 is 15.5 Å². The number of amides is 2. The molecular formula is C28H32N4O2. The Labute approximate surface area is 201 Å². The van der Waals surface area contributed by atoms with Gasteiger partial charge in [0.1, 0.15) is 0 Å². The van der Waals surface area contributed by atoms with E-state index >= 15 is 0 Å². The largest absolute Gasteiger partial charge is 0.371 e. The van der Waals surface area contributed by atoms with Crippen molar-refractivity contribution >= 4 is 23.2 Å². The highest BCUT2D eigenvalue weighted by molar-refractivity contribution is 6.08. The Morgan fingerprint density at radius 1 is 1.00 bits per heavy atom. The monoisotopic (exact) mass is 456 g/mol. The SMILES string of the molecule is Cc1ccc(C(=O)Nc2ccc(C(=O)NC(C)c3ccccn3)cc2)c(N2CCC(C)CC2)c1. The summed E-state index contributed by atoms with van der Waals surface area (Å²) in [7, 11) is 0. The minimum absolute atomic E-state index is 0.144. The maximum absolute atomic E-state index is 13.2. The fourth-order valence-corrected chi connectivity index (χ4v) is 4.23. The lowest BCUT2D eigenvalue weighted by atomic mass is 9.97. The van der Waals surface area contributed by atoms with Crippen molar-refractivity contribution in [2.75, 3.05) is 23.3 Å². The van der Waals surface area contributed by atoms with Gasteiger partial charge in [-0.1, -0.05) is 19.1 Å². The van der Waals surface area contributed by atoms with Crippen molar-refractivity contribution in [2.24, 2.45) is 5.92 Å². The van der Waals surface area contributed by atoms with E-state index in [0.29, 0.717) is 16.8 Å². The van der Waals surface area contributed by atoms with Gasteiger partial charge in [0.2, 0.25) is 0 Å². The van der Waals surface area contributed by atoms with E-state index < -0.39 is 0 Å². The first-order valence-corrected chi connectivity index (χ1v) is 11.9. The summed E-state index contributed by atoms with van der Waals surface area (Å²) in [6, 6.07) is 18.4. The fourth-order valence-electron chi connectivity index (χ4n) is 4.23. The number of pyridine rings is 1. The first kappa shape index (κ1) is 23.5. The Morgan fingerprint density at radius 3 is 2.41 bits per heavy atom. The van der Waals surface area contributed by atoms with Gasteiger partial charge in [-0.3, -0.25) is 14.6 Å². The van der Waals surface area contributed by atoms with Crippen LogP contribution in [0, 0.1) is 12.8 Å². The van der Waals surface area contributed by atoms with Crippen molar-refractivity contribution in [1.29, 1.82) is 0 Å². The third kappa shape index (κ3) is 5.63. The average Bonchev–Trinajstić information content (AvgIpc) is 2.85. The average molecular weight is 457 g/mol. The molecule has 176 valence electrons. The molecule has 1 aliphatic rings. The van der Waals surface area contributed by atoms with E-state index in [0.717, 1.165) is 48.8 Å². The van der Waals surface area contributed by atoms with Gasteiger partial charge in [0.15, 0.2) is 0 Å². The number of nitrogens with one attached hydrogen (secondary N) is 2. The molecule has 6 nitrogen and oxygen atoms in total. The normalized spacial score (nSPS) is 15.0. The maximum Gasteiger partial charge on any atom is 0.257 e. The van der Waals surface area contributed by atoms with Crippen molar-refractivity contribution in [3.63, 3.8) is 0 Å². The Kier molecular flexibility index (Phi) is 7.26. The van der Waals surface area contributed by atoms with E-state index in [1.54, 1.807) is 30.5 Å². The number of nitrogens with zero attached hydrogens (tertiary/aromatic N) is 2. The third-order valence-corrected chi connectivity index (χ3v) is 6.41. The number of hydrogen-bond acceptors (Lipinski definition) is 4. The van der Waals surface area contributed by atoms with Crippen LogP contribution in [-0.2, 0) is 0 Å². The Hall–Kier alpha value is -3.67. The number of benzene rings is 2. The zero-order valence-corrected chi connectivity index (χ0v) is 20.0. The van der Waals surface area contributed by atoms with Gasteiger partial charge in [0.25, 0.3) is 11.8 Å². The molecular weight excluding hydrogens is 424 g/mol. The summed E-state index contributed by atoms with van der Waals surface area (Å²) in [6.45, 7) is 8.16. The third-order valence-electron chi connectivity index (χ3n) is 6.41. The molecule has 1 unspecified atom stereocenters. The second-order valence-electron chi connectivity index (χ2n) is 9.17. The fraction of sp³-hybridized carbons (Fsp3) is 0.321. The molecule has 2 N–H and O–H groups in total. The number of hydrogen-bond donors (Lipinski definition) is 2. The first-order chi connectivity index (χ1) is 16.4. The zero-order valence-electron chi connectivity index (χ0n) is 20.0. The number of rotatable bonds is 6. The van der Waals surface area contributed by atoms with Gasteiger partial charge in [-0.25, -0.2) is 0 Å². The van der Waals surface area contributed by atoms with Crippen LogP contribution in [0.15, 0.2) is 66.9 Å². The molecule has 34 heavy (non-hydrogen) atoms. The number of carbonyl (C=O) groups excluding carboxylic acids is 2. The van der Waals surface area contributed by atoms with Gasteiger partial charge in [-0.05, 0) is 86.7 Å². The lowest BCUT2D eigenvalue weighted by Gasteiger charge is -2.33. The van der Waals surface area contributed by atoms with E-state index in [9.17, 15) is 9.59 Å². The molecule has 0 spiro atoms. The highest BCUT2D eigenvalue weighted by atomic mass is 16.2. The van der Waals surface area contributed by atoms with Gasteiger partial charge in [0, 0.05) is 36.2 Å². The number of aryl methyl sites for hydroxylation is 1. The van der Waals surface area contributed by atoms with Crippen LogP contribution in [0.1, 0.15) is 64.7 Å². The molecule has 1 fully saturated rings. The van der Waals surface area contributed by atoms with Crippen LogP contribution in [0.2, 0.25) is 0 Å². The van der Waals surface area contributed by atoms with Crippen LogP contribution in [0.25, 0.3) is 0 Å². The molecule has 0 bridgehead atoms. The highest BCUT2D eigenvalue weighted by Gasteiger charge is 2.21. The van der Waals surface area contributed by atoms with Crippen LogP contribution >= 0.6 is 0 Å². The summed E-state index contributed by atoms with van der Waals surface area (Å²) in [4.78, 5) is 32.4. The highest BCUT2D eigenvalue weighted by Crippen LogP contribution is 2.28. The Morgan fingerprint density at radius 2 is 1.74 bits per heavy atom. The molecule has 2 heterocycles. The summed E-state index contributed by atoms with van der Waals surface area (Å²) in [5.74, 6) is 0.395. The summed E-state index contributed by atoms with van der Waals surface area (Å²) in [5.41, 5.74) is 4.78. The second kappa shape index (κ2) is 10.5. The molecule has 0 aliphatic carbocycles. The van der Waals surface area contributed by atoms with Crippen LogP contribution in [-0.4, -0.2) is 29.9 Å². The van der Waals surface area contributed by atoms with E-state index in [1.807, 2.05) is 37.3 Å². The van der Waals surface area contributed by atoms with Crippen molar-refractivity contribution in [1.82, 2.24) is 10.3 Å². The quantitative estimate of drug-likeness (QED) is 0.523. The van der Waals surface area contributed by atoms with Gasteiger partial charge >= 0.3 is 0 Å².